The van der Waals surface area contributed by atoms with Crippen molar-refractivity contribution in [2.24, 2.45) is 5.92 Å². The SMILES string of the molecule is CCCNC(=O)OC1CC(C(=O)OC#N)C1. The number of amides is 1. The number of nitrogens with one attached hydrogen (secondary N) is 1. The number of carbonyl (C=O) groups excluding carboxylic acids is 2. The van der Waals surface area contributed by atoms with Crippen molar-refractivity contribution >= 4 is 12.1 Å². The molecule has 0 saturated heterocycles. The van der Waals surface area contributed by atoms with Crippen molar-refractivity contribution < 1.29 is 19.1 Å². The number of esters is 1. The Kier molecular flexibility index (Phi) is 4.58. The van der Waals surface area contributed by atoms with Gasteiger partial charge in [-0.15, -0.1) is 5.26 Å². The molecule has 1 saturated carbocycles. The molecule has 16 heavy (non-hydrogen) atoms. The molecular formula is C10H14N2O4. The number of alkyl carbamates (subject to hydrolysis) is 1. The Hall–Kier alpha value is -1.77. The molecule has 1 N–H and O–H groups in total. The predicted octanol–water partition coefficient (Wildman–Crippen LogP) is 0.925. The van der Waals surface area contributed by atoms with E-state index in [0.717, 1.165) is 6.42 Å². The van der Waals surface area contributed by atoms with Crippen LogP contribution in [0.1, 0.15) is 26.2 Å². The van der Waals surface area contributed by atoms with Gasteiger partial charge >= 0.3 is 12.1 Å². The molecule has 0 aliphatic heterocycles. The van der Waals surface area contributed by atoms with Crippen LogP contribution in [-0.4, -0.2) is 24.7 Å². The zero-order valence-corrected chi connectivity index (χ0v) is 9.06. The highest BCUT2D eigenvalue weighted by Crippen LogP contribution is 2.31. The number of ether oxygens (including phenoxy) is 2. The first kappa shape index (κ1) is 12.3. The van der Waals surface area contributed by atoms with Crippen molar-refractivity contribution in [1.82, 2.24) is 5.32 Å². The number of nitrogens with zero attached hydrogens (tertiary/aromatic N) is 1. The fourth-order valence-corrected chi connectivity index (χ4v) is 1.40. The summed E-state index contributed by atoms with van der Waals surface area (Å²) in [6.07, 6.45) is 2.33. The second kappa shape index (κ2) is 5.95. The molecule has 6 nitrogen and oxygen atoms in total. The van der Waals surface area contributed by atoms with Crippen LogP contribution in [0, 0.1) is 17.4 Å². The van der Waals surface area contributed by atoms with E-state index in [2.05, 4.69) is 10.1 Å². The van der Waals surface area contributed by atoms with Crippen LogP contribution in [0.5, 0.6) is 0 Å². The Morgan fingerprint density at radius 3 is 2.75 bits per heavy atom. The quantitative estimate of drug-likeness (QED) is 0.569. The van der Waals surface area contributed by atoms with Gasteiger partial charge in [0.05, 0.1) is 5.92 Å². The van der Waals surface area contributed by atoms with E-state index in [1.165, 1.54) is 6.26 Å². The smallest absolute Gasteiger partial charge is 0.407 e. The molecule has 1 aliphatic carbocycles. The van der Waals surface area contributed by atoms with Crippen LogP contribution >= 0.6 is 0 Å². The summed E-state index contributed by atoms with van der Waals surface area (Å²) in [5.74, 6) is -0.861. The average molecular weight is 226 g/mol. The van der Waals surface area contributed by atoms with Gasteiger partial charge < -0.3 is 14.8 Å². The van der Waals surface area contributed by atoms with Gasteiger partial charge in [-0.25, -0.2) is 4.79 Å². The highest BCUT2D eigenvalue weighted by Gasteiger charge is 2.38. The van der Waals surface area contributed by atoms with Crippen molar-refractivity contribution in [3.63, 3.8) is 0 Å². The summed E-state index contributed by atoms with van der Waals surface area (Å²) in [4.78, 5) is 22.1. The monoisotopic (exact) mass is 226 g/mol. The van der Waals surface area contributed by atoms with Gasteiger partial charge in [0, 0.05) is 6.54 Å². The van der Waals surface area contributed by atoms with E-state index in [1.807, 2.05) is 6.92 Å². The van der Waals surface area contributed by atoms with E-state index in [4.69, 9.17) is 10.00 Å². The molecule has 6 heteroatoms. The normalized spacial score (nSPS) is 22.5. The van der Waals surface area contributed by atoms with E-state index in [-0.39, 0.29) is 12.0 Å². The Balaban J connectivity index is 2.14. The zero-order chi connectivity index (χ0) is 12.0. The van der Waals surface area contributed by atoms with Gasteiger partial charge in [-0.05, 0) is 19.3 Å². The molecule has 0 unspecified atom stereocenters. The molecule has 0 radical (unpaired) electrons. The minimum Gasteiger partial charge on any atom is -0.446 e. The summed E-state index contributed by atoms with van der Waals surface area (Å²) in [6, 6.07) is 0. The summed E-state index contributed by atoms with van der Waals surface area (Å²) in [5.41, 5.74) is 0. The molecule has 0 bridgehead atoms. The lowest BCUT2D eigenvalue weighted by Gasteiger charge is -2.31. The van der Waals surface area contributed by atoms with Crippen LogP contribution in [0.25, 0.3) is 0 Å². The van der Waals surface area contributed by atoms with E-state index in [0.29, 0.717) is 19.4 Å². The van der Waals surface area contributed by atoms with Crippen LogP contribution in [-0.2, 0) is 14.3 Å². The van der Waals surface area contributed by atoms with E-state index in [9.17, 15) is 9.59 Å². The van der Waals surface area contributed by atoms with E-state index in [1.54, 1.807) is 0 Å². The van der Waals surface area contributed by atoms with Crippen molar-refractivity contribution in [2.45, 2.75) is 32.3 Å². The highest BCUT2D eigenvalue weighted by molar-refractivity contribution is 5.75. The van der Waals surface area contributed by atoms with Gasteiger partial charge in [-0.2, -0.15) is 0 Å². The predicted molar refractivity (Wildman–Crippen MR) is 53.0 cm³/mol. The van der Waals surface area contributed by atoms with Gasteiger partial charge in [0.2, 0.25) is 0 Å². The minimum absolute atomic E-state index is 0.243. The number of hydrogen-bond acceptors (Lipinski definition) is 5. The molecule has 0 aromatic heterocycles. The topological polar surface area (TPSA) is 88.4 Å². The third-order valence-electron chi connectivity index (χ3n) is 2.37. The maximum absolute atomic E-state index is 11.1. The molecule has 0 atom stereocenters. The van der Waals surface area contributed by atoms with Crippen LogP contribution in [0.15, 0.2) is 0 Å². The number of hydrogen-bond donors (Lipinski definition) is 1. The molecule has 0 aromatic carbocycles. The highest BCUT2D eigenvalue weighted by atomic mass is 16.6. The number of nitriles is 1. The molecule has 1 rings (SSSR count). The van der Waals surface area contributed by atoms with Crippen LogP contribution < -0.4 is 5.32 Å². The third-order valence-corrected chi connectivity index (χ3v) is 2.37. The molecule has 1 fully saturated rings. The maximum atomic E-state index is 11.1. The first-order valence-electron chi connectivity index (χ1n) is 5.21. The van der Waals surface area contributed by atoms with Gasteiger partial charge in [0.1, 0.15) is 6.10 Å². The first-order chi connectivity index (χ1) is 7.67. The number of carbonyl (C=O) groups is 2. The van der Waals surface area contributed by atoms with Gasteiger partial charge in [-0.1, -0.05) is 6.92 Å². The van der Waals surface area contributed by atoms with Gasteiger partial charge in [-0.3, -0.25) is 4.79 Å². The lowest BCUT2D eigenvalue weighted by atomic mass is 9.82. The Morgan fingerprint density at radius 1 is 1.50 bits per heavy atom. The fraction of sp³-hybridized carbons (Fsp3) is 0.700. The Labute approximate surface area is 93.5 Å². The molecular weight excluding hydrogens is 212 g/mol. The number of rotatable bonds is 4. The lowest BCUT2D eigenvalue weighted by molar-refractivity contribution is -0.148. The fourth-order valence-electron chi connectivity index (χ4n) is 1.40. The van der Waals surface area contributed by atoms with Crippen LogP contribution in [0.4, 0.5) is 4.79 Å². The Morgan fingerprint density at radius 2 is 2.19 bits per heavy atom. The molecule has 0 aromatic rings. The summed E-state index contributed by atoms with van der Waals surface area (Å²) < 4.78 is 9.18. The second-order valence-electron chi connectivity index (χ2n) is 3.63. The van der Waals surface area contributed by atoms with Crippen LogP contribution in [0.3, 0.4) is 0 Å². The Bertz CT molecular complexity index is 304. The minimum atomic E-state index is -0.545. The first-order valence-corrected chi connectivity index (χ1v) is 5.21. The standard InChI is InChI=1S/C10H14N2O4/c1-2-3-12-10(14)16-8-4-7(5-8)9(13)15-6-11/h7-8H,2-5H2,1H3,(H,12,14). The van der Waals surface area contributed by atoms with E-state index >= 15 is 0 Å². The maximum Gasteiger partial charge on any atom is 0.407 e. The second-order valence-corrected chi connectivity index (χ2v) is 3.63. The summed E-state index contributed by atoms with van der Waals surface area (Å²) >= 11 is 0. The molecule has 1 aliphatic rings. The molecule has 0 heterocycles. The zero-order valence-electron chi connectivity index (χ0n) is 9.06. The largest absolute Gasteiger partial charge is 0.446 e. The van der Waals surface area contributed by atoms with Crippen molar-refractivity contribution in [1.29, 1.82) is 5.26 Å². The lowest BCUT2D eigenvalue weighted by Crippen LogP contribution is -2.40. The molecule has 88 valence electrons. The summed E-state index contributed by atoms with van der Waals surface area (Å²) in [6.45, 7) is 2.52. The summed E-state index contributed by atoms with van der Waals surface area (Å²) in [7, 11) is 0. The third kappa shape index (κ3) is 3.42. The summed E-state index contributed by atoms with van der Waals surface area (Å²) in [5, 5.41) is 10.7. The molecule has 1 amide bonds. The van der Waals surface area contributed by atoms with Crippen molar-refractivity contribution in [3.8, 4) is 6.26 Å². The van der Waals surface area contributed by atoms with Gasteiger partial charge in [0.15, 0.2) is 0 Å². The molecule has 0 spiro atoms. The van der Waals surface area contributed by atoms with E-state index < -0.39 is 12.1 Å². The van der Waals surface area contributed by atoms with Gasteiger partial charge in [0.25, 0.3) is 6.26 Å². The average Bonchev–Trinajstić information content (AvgIpc) is 2.20. The van der Waals surface area contributed by atoms with Crippen LogP contribution in [0.2, 0.25) is 0 Å². The van der Waals surface area contributed by atoms with Crippen molar-refractivity contribution in [3.05, 3.63) is 0 Å². The van der Waals surface area contributed by atoms with Crippen molar-refractivity contribution in [2.75, 3.05) is 6.54 Å².